The van der Waals surface area contributed by atoms with E-state index in [1.165, 1.54) is 27.3 Å². The van der Waals surface area contributed by atoms with E-state index in [0.717, 1.165) is 23.9 Å². The summed E-state index contributed by atoms with van der Waals surface area (Å²) in [5.41, 5.74) is 3.57. The molecule has 0 fully saturated rings. The average molecular weight is 277 g/mol. The van der Waals surface area contributed by atoms with Crippen LogP contribution in [0, 0.1) is 0 Å². The van der Waals surface area contributed by atoms with Gasteiger partial charge in [0.15, 0.2) is 0 Å². The summed E-state index contributed by atoms with van der Waals surface area (Å²) in [4.78, 5) is 4.94. The number of aryl methyl sites for hydroxylation is 1. The molecule has 21 heavy (non-hydrogen) atoms. The van der Waals surface area contributed by atoms with Crippen molar-refractivity contribution in [1.82, 2.24) is 0 Å². The molecule has 0 radical (unpaired) electrons. The second-order valence-corrected chi connectivity index (χ2v) is 5.38. The number of hydrogen-bond acceptors (Lipinski definition) is 3. The summed E-state index contributed by atoms with van der Waals surface area (Å²) >= 11 is 0. The summed E-state index contributed by atoms with van der Waals surface area (Å²) in [6.45, 7) is 0. The highest BCUT2D eigenvalue weighted by molar-refractivity contribution is 6.14. The van der Waals surface area contributed by atoms with Crippen molar-refractivity contribution in [2.45, 2.75) is 12.8 Å². The number of rotatable bonds is 1. The van der Waals surface area contributed by atoms with Gasteiger partial charge in [-0.25, -0.2) is 0 Å². The molecule has 1 N–H and O–H groups in total. The summed E-state index contributed by atoms with van der Waals surface area (Å²) in [5, 5.41) is 18.5. The molecule has 1 aliphatic carbocycles. The van der Waals surface area contributed by atoms with Gasteiger partial charge in [0, 0.05) is 5.56 Å². The van der Waals surface area contributed by atoms with Gasteiger partial charge < -0.3 is 9.94 Å². The Kier molecular flexibility index (Phi) is 2.61. The van der Waals surface area contributed by atoms with Crippen molar-refractivity contribution in [3.05, 3.63) is 53.6 Å². The van der Waals surface area contributed by atoms with E-state index in [1.54, 1.807) is 19.2 Å². The first-order valence-electron chi connectivity index (χ1n) is 7.05. The predicted octanol–water partition coefficient (Wildman–Crippen LogP) is 4.00. The van der Waals surface area contributed by atoms with Gasteiger partial charge in [-0.2, -0.15) is 0 Å². The molecule has 0 aliphatic heterocycles. The van der Waals surface area contributed by atoms with Crippen LogP contribution in [0.25, 0.3) is 21.5 Å². The van der Waals surface area contributed by atoms with E-state index in [9.17, 15) is 5.11 Å². The molecule has 0 amide bonds. The molecule has 3 aromatic rings. The lowest BCUT2D eigenvalue weighted by Gasteiger charge is -2.09. The number of phenolic OH excluding ortho intramolecular Hbond substituents is 1. The van der Waals surface area contributed by atoms with Crippen LogP contribution in [0.1, 0.15) is 17.5 Å². The fourth-order valence-corrected chi connectivity index (χ4v) is 3.32. The standard InChI is InChI=1S/C18H15NO2/c1-21-19-18-9-8-16-15-4-2-11-10-12(20)3-5-13(11)14(15)6-7-17(16)18/h2-7,10,20H,8-9H2,1H3/b19-18+. The third-order valence-corrected chi connectivity index (χ3v) is 4.24. The maximum absolute atomic E-state index is 9.62. The Balaban J connectivity index is 2.05. The van der Waals surface area contributed by atoms with Crippen LogP contribution >= 0.6 is 0 Å². The quantitative estimate of drug-likeness (QED) is 0.539. The Morgan fingerprint density at radius 2 is 1.76 bits per heavy atom. The fourth-order valence-electron chi connectivity index (χ4n) is 3.32. The molecule has 0 saturated heterocycles. The van der Waals surface area contributed by atoms with Crippen LogP contribution in [0.2, 0.25) is 0 Å². The van der Waals surface area contributed by atoms with Crippen molar-refractivity contribution in [3.8, 4) is 5.75 Å². The molecule has 0 atom stereocenters. The van der Waals surface area contributed by atoms with Crippen LogP contribution in [-0.4, -0.2) is 17.9 Å². The van der Waals surface area contributed by atoms with E-state index < -0.39 is 0 Å². The summed E-state index contributed by atoms with van der Waals surface area (Å²) in [7, 11) is 1.59. The highest BCUT2D eigenvalue weighted by Gasteiger charge is 2.21. The van der Waals surface area contributed by atoms with Gasteiger partial charge in [-0.15, -0.1) is 0 Å². The van der Waals surface area contributed by atoms with E-state index >= 15 is 0 Å². The van der Waals surface area contributed by atoms with Crippen molar-refractivity contribution in [1.29, 1.82) is 0 Å². The zero-order chi connectivity index (χ0) is 14.4. The Morgan fingerprint density at radius 1 is 0.952 bits per heavy atom. The SMILES string of the molecule is CO/N=C1\CCc2c1ccc1c2ccc2cc(O)ccc21. The largest absolute Gasteiger partial charge is 0.508 e. The van der Waals surface area contributed by atoms with Gasteiger partial charge >= 0.3 is 0 Å². The van der Waals surface area contributed by atoms with E-state index in [2.05, 4.69) is 29.4 Å². The van der Waals surface area contributed by atoms with Crippen LogP contribution in [0.15, 0.2) is 47.6 Å². The molecule has 3 heteroatoms. The lowest BCUT2D eigenvalue weighted by atomic mass is 9.96. The summed E-state index contributed by atoms with van der Waals surface area (Å²) in [6.07, 6.45) is 1.92. The van der Waals surface area contributed by atoms with Gasteiger partial charge in [-0.3, -0.25) is 0 Å². The minimum atomic E-state index is 0.303. The van der Waals surface area contributed by atoms with Crippen molar-refractivity contribution in [3.63, 3.8) is 0 Å². The maximum Gasteiger partial charge on any atom is 0.116 e. The van der Waals surface area contributed by atoms with E-state index in [-0.39, 0.29) is 0 Å². The third kappa shape index (κ3) is 1.77. The normalized spacial score (nSPS) is 15.8. The molecule has 4 rings (SSSR count). The molecule has 0 spiro atoms. The Bertz CT molecular complexity index is 896. The third-order valence-electron chi connectivity index (χ3n) is 4.24. The first-order chi connectivity index (χ1) is 10.3. The molecule has 0 saturated carbocycles. The monoisotopic (exact) mass is 277 g/mol. The maximum atomic E-state index is 9.62. The smallest absolute Gasteiger partial charge is 0.116 e. The Morgan fingerprint density at radius 3 is 2.62 bits per heavy atom. The zero-order valence-corrected chi connectivity index (χ0v) is 11.8. The van der Waals surface area contributed by atoms with Gasteiger partial charge in [0.05, 0.1) is 5.71 Å². The van der Waals surface area contributed by atoms with Gasteiger partial charge in [-0.1, -0.05) is 35.5 Å². The van der Waals surface area contributed by atoms with E-state index in [4.69, 9.17) is 4.84 Å². The van der Waals surface area contributed by atoms with Gasteiger partial charge in [0.1, 0.15) is 12.9 Å². The molecule has 3 aromatic carbocycles. The van der Waals surface area contributed by atoms with Crippen LogP contribution in [0.4, 0.5) is 0 Å². The molecule has 104 valence electrons. The number of hydrogen-bond donors (Lipinski definition) is 1. The van der Waals surface area contributed by atoms with Gasteiger partial charge in [0.2, 0.25) is 0 Å². The number of aromatic hydroxyl groups is 1. The average Bonchev–Trinajstić information content (AvgIpc) is 2.90. The Labute approximate surface area is 122 Å². The molecule has 0 unspecified atom stereocenters. The second kappa shape index (κ2) is 4.48. The van der Waals surface area contributed by atoms with Gasteiger partial charge in [0.25, 0.3) is 0 Å². The highest BCUT2D eigenvalue weighted by atomic mass is 16.6. The van der Waals surface area contributed by atoms with Crippen molar-refractivity contribution in [2.24, 2.45) is 5.16 Å². The lowest BCUT2D eigenvalue weighted by Crippen LogP contribution is -1.95. The molecule has 0 heterocycles. The molecular formula is C18H15NO2. The number of oxime groups is 1. The second-order valence-electron chi connectivity index (χ2n) is 5.38. The number of phenols is 1. The molecule has 0 bridgehead atoms. The summed E-state index contributed by atoms with van der Waals surface area (Å²) in [5.74, 6) is 0.303. The first kappa shape index (κ1) is 12.2. The number of nitrogens with zero attached hydrogens (tertiary/aromatic N) is 1. The molecule has 3 nitrogen and oxygen atoms in total. The lowest BCUT2D eigenvalue weighted by molar-refractivity contribution is 0.213. The first-order valence-corrected chi connectivity index (χ1v) is 7.05. The zero-order valence-electron chi connectivity index (χ0n) is 11.8. The predicted molar refractivity (Wildman–Crippen MR) is 85.0 cm³/mol. The molecule has 0 aromatic heterocycles. The van der Waals surface area contributed by atoms with Crippen LogP contribution < -0.4 is 0 Å². The van der Waals surface area contributed by atoms with Crippen LogP contribution in [0.5, 0.6) is 5.75 Å². The topological polar surface area (TPSA) is 41.8 Å². The minimum Gasteiger partial charge on any atom is -0.508 e. The van der Waals surface area contributed by atoms with Gasteiger partial charge in [-0.05, 0) is 52.1 Å². The summed E-state index contributed by atoms with van der Waals surface area (Å²) < 4.78 is 0. The van der Waals surface area contributed by atoms with Crippen molar-refractivity contribution < 1.29 is 9.94 Å². The highest BCUT2D eigenvalue weighted by Crippen LogP contribution is 2.35. The van der Waals surface area contributed by atoms with E-state index in [0.29, 0.717) is 5.75 Å². The summed E-state index contributed by atoms with van der Waals surface area (Å²) in [6, 6.07) is 14.0. The van der Waals surface area contributed by atoms with Crippen molar-refractivity contribution >= 4 is 27.3 Å². The molecular weight excluding hydrogens is 262 g/mol. The fraction of sp³-hybridized carbons (Fsp3) is 0.167. The van der Waals surface area contributed by atoms with Crippen LogP contribution in [0.3, 0.4) is 0 Å². The van der Waals surface area contributed by atoms with Crippen molar-refractivity contribution in [2.75, 3.05) is 7.11 Å². The minimum absolute atomic E-state index is 0.303. The number of fused-ring (bicyclic) bond motifs is 5. The number of benzene rings is 3. The molecule has 1 aliphatic rings. The Hall–Kier alpha value is -2.55. The van der Waals surface area contributed by atoms with E-state index in [1.807, 2.05) is 6.07 Å². The van der Waals surface area contributed by atoms with Crippen LogP contribution in [-0.2, 0) is 11.3 Å².